The molecule has 96 valence electrons. The molecule has 4 nitrogen and oxygen atoms in total. The van der Waals surface area contributed by atoms with Crippen LogP contribution in [0.1, 0.15) is 22.1 Å². The molecule has 0 aliphatic heterocycles. The maximum absolute atomic E-state index is 10.7. The molecule has 18 heavy (non-hydrogen) atoms. The number of nitrogens with zero attached hydrogens (tertiary/aromatic N) is 1. The van der Waals surface area contributed by atoms with Crippen molar-refractivity contribution in [1.29, 1.82) is 0 Å². The zero-order valence-electron chi connectivity index (χ0n) is 10.1. The van der Waals surface area contributed by atoms with Gasteiger partial charge in [-0.05, 0) is 26.0 Å². The lowest BCUT2D eigenvalue weighted by atomic mass is 10.3. The molecule has 0 spiro atoms. The molecular formula is C12H13NO3S2. The molecule has 0 unspecified atom stereocenters. The Morgan fingerprint density at radius 3 is 2.89 bits per heavy atom. The molecule has 0 atom stereocenters. The molecule has 0 fully saturated rings. The minimum atomic E-state index is -0.819. The van der Waals surface area contributed by atoms with Crippen molar-refractivity contribution < 1.29 is 14.3 Å². The van der Waals surface area contributed by atoms with Crippen LogP contribution in [0.3, 0.4) is 0 Å². The lowest BCUT2D eigenvalue weighted by molar-refractivity contribution is -0.136. The van der Waals surface area contributed by atoms with E-state index in [1.807, 2.05) is 26.0 Å². The van der Waals surface area contributed by atoms with E-state index in [-0.39, 0.29) is 6.42 Å². The van der Waals surface area contributed by atoms with Crippen molar-refractivity contribution in [3.8, 4) is 0 Å². The second kappa shape index (κ2) is 5.58. The summed E-state index contributed by atoms with van der Waals surface area (Å²) in [6.45, 7) is 3.75. The first kappa shape index (κ1) is 13.2. The molecule has 2 aromatic heterocycles. The zero-order valence-corrected chi connectivity index (χ0v) is 11.7. The van der Waals surface area contributed by atoms with Crippen LogP contribution in [0.4, 0.5) is 0 Å². The van der Waals surface area contributed by atoms with Crippen LogP contribution in [0.2, 0.25) is 0 Å². The Morgan fingerprint density at radius 2 is 2.28 bits per heavy atom. The van der Waals surface area contributed by atoms with Crippen molar-refractivity contribution in [3.05, 3.63) is 34.2 Å². The van der Waals surface area contributed by atoms with Crippen molar-refractivity contribution >= 4 is 29.1 Å². The predicted octanol–water partition coefficient (Wildman–Crippen LogP) is 3.27. The topological polar surface area (TPSA) is 63.3 Å². The summed E-state index contributed by atoms with van der Waals surface area (Å²) in [6.07, 6.45) is 0.0456. The summed E-state index contributed by atoms with van der Waals surface area (Å²) in [4.78, 5) is 15.9. The van der Waals surface area contributed by atoms with Gasteiger partial charge in [0, 0.05) is 4.88 Å². The molecule has 2 rings (SSSR count). The van der Waals surface area contributed by atoms with E-state index in [4.69, 9.17) is 9.52 Å². The molecule has 0 bridgehead atoms. The van der Waals surface area contributed by atoms with Crippen LogP contribution >= 0.6 is 23.1 Å². The summed E-state index contributed by atoms with van der Waals surface area (Å²) in [5.74, 6) is 1.70. The number of thiazole rings is 1. The van der Waals surface area contributed by atoms with Gasteiger partial charge in [-0.15, -0.1) is 11.3 Å². The third-order valence-electron chi connectivity index (χ3n) is 2.32. The Kier molecular flexibility index (Phi) is 4.08. The minimum Gasteiger partial charge on any atom is -0.481 e. The number of carbonyl (C=O) groups is 1. The maximum Gasteiger partial charge on any atom is 0.308 e. The van der Waals surface area contributed by atoms with E-state index in [9.17, 15) is 4.79 Å². The number of thioether (sulfide) groups is 1. The molecule has 6 heteroatoms. The summed E-state index contributed by atoms with van der Waals surface area (Å²) >= 11 is 3.01. The monoisotopic (exact) mass is 283 g/mol. The summed E-state index contributed by atoms with van der Waals surface area (Å²) in [7, 11) is 0. The number of hydrogen-bond donors (Lipinski definition) is 1. The van der Waals surface area contributed by atoms with Gasteiger partial charge in [0.1, 0.15) is 11.5 Å². The van der Waals surface area contributed by atoms with Crippen LogP contribution in [0.25, 0.3) is 0 Å². The second-order valence-electron chi connectivity index (χ2n) is 3.86. The first-order valence-corrected chi connectivity index (χ1v) is 7.21. The Bertz CT molecular complexity index is 559. The normalized spacial score (nSPS) is 10.8. The smallest absolute Gasteiger partial charge is 0.308 e. The van der Waals surface area contributed by atoms with E-state index in [2.05, 4.69) is 4.98 Å². The number of hydrogen-bond acceptors (Lipinski definition) is 5. The van der Waals surface area contributed by atoms with Crippen LogP contribution < -0.4 is 0 Å². The molecule has 0 aliphatic rings. The van der Waals surface area contributed by atoms with Crippen molar-refractivity contribution in [2.45, 2.75) is 30.4 Å². The van der Waals surface area contributed by atoms with E-state index in [1.165, 1.54) is 11.3 Å². The molecule has 2 heterocycles. The van der Waals surface area contributed by atoms with Crippen LogP contribution in [0.15, 0.2) is 20.9 Å². The van der Waals surface area contributed by atoms with E-state index < -0.39 is 5.97 Å². The second-order valence-corrected chi connectivity index (χ2v) is 6.17. The molecule has 0 saturated carbocycles. The maximum atomic E-state index is 10.7. The number of aromatic nitrogens is 1. The fourth-order valence-corrected chi connectivity index (χ4v) is 3.58. The van der Waals surface area contributed by atoms with E-state index in [0.717, 1.165) is 26.4 Å². The quantitative estimate of drug-likeness (QED) is 0.853. The van der Waals surface area contributed by atoms with Crippen LogP contribution in [0, 0.1) is 13.8 Å². The fraction of sp³-hybridized carbons (Fsp3) is 0.333. The standard InChI is InChI=1S/C12H13NO3S2/c1-7-3-4-9(16-7)6-17-12-13-8(2)10(18-12)5-11(14)15/h3-4H,5-6H2,1-2H3,(H,14,15). The fourth-order valence-electron chi connectivity index (χ4n) is 1.46. The van der Waals surface area contributed by atoms with Crippen LogP contribution in [-0.2, 0) is 17.0 Å². The lowest BCUT2D eigenvalue weighted by Crippen LogP contribution is -1.99. The van der Waals surface area contributed by atoms with E-state index in [1.54, 1.807) is 11.8 Å². The van der Waals surface area contributed by atoms with Gasteiger partial charge in [-0.1, -0.05) is 11.8 Å². The highest BCUT2D eigenvalue weighted by Gasteiger charge is 2.11. The van der Waals surface area contributed by atoms with Gasteiger partial charge in [0.25, 0.3) is 0 Å². The van der Waals surface area contributed by atoms with Gasteiger partial charge in [0.05, 0.1) is 17.9 Å². The zero-order chi connectivity index (χ0) is 13.1. The number of aryl methyl sites for hydroxylation is 2. The summed E-state index contributed by atoms with van der Waals surface area (Å²) in [5, 5.41) is 8.77. The highest BCUT2D eigenvalue weighted by molar-refractivity contribution is 8.00. The van der Waals surface area contributed by atoms with Crippen LogP contribution in [-0.4, -0.2) is 16.1 Å². The number of carboxylic acids is 1. The molecule has 0 radical (unpaired) electrons. The van der Waals surface area contributed by atoms with Gasteiger partial charge >= 0.3 is 5.97 Å². The lowest BCUT2D eigenvalue weighted by Gasteiger charge is -1.93. The Hall–Kier alpha value is -1.27. The van der Waals surface area contributed by atoms with Gasteiger partial charge in [-0.3, -0.25) is 4.79 Å². The SMILES string of the molecule is Cc1ccc(CSc2nc(C)c(CC(=O)O)s2)o1. The molecule has 2 aromatic rings. The average molecular weight is 283 g/mol. The Labute approximate surface area is 113 Å². The molecular weight excluding hydrogens is 270 g/mol. The summed E-state index contributed by atoms with van der Waals surface area (Å²) < 4.78 is 6.36. The van der Waals surface area contributed by atoms with Crippen molar-refractivity contribution in [2.24, 2.45) is 0 Å². The Balaban J connectivity index is 1.99. The molecule has 0 amide bonds. The van der Waals surface area contributed by atoms with Crippen molar-refractivity contribution in [3.63, 3.8) is 0 Å². The molecule has 1 N–H and O–H groups in total. The van der Waals surface area contributed by atoms with E-state index in [0.29, 0.717) is 5.75 Å². The third kappa shape index (κ3) is 3.36. The van der Waals surface area contributed by atoms with Gasteiger partial charge in [0.15, 0.2) is 4.34 Å². The highest BCUT2D eigenvalue weighted by atomic mass is 32.2. The largest absolute Gasteiger partial charge is 0.481 e. The predicted molar refractivity (Wildman–Crippen MR) is 71.2 cm³/mol. The molecule has 0 aromatic carbocycles. The van der Waals surface area contributed by atoms with Crippen molar-refractivity contribution in [2.75, 3.05) is 0 Å². The summed E-state index contributed by atoms with van der Waals surface area (Å²) in [5.41, 5.74) is 0.806. The number of rotatable bonds is 5. The first-order valence-electron chi connectivity index (χ1n) is 5.41. The van der Waals surface area contributed by atoms with Crippen molar-refractivity contribution in [1.82, 2.24) is 4.98 Å². The minimum absolute atomic E-state index is 0.0456. The van der Waals surface area contributed by atoms with Crippen LogP contribution in [0.5, 0.6) is 0 Å². The Morgan fingerprint density at radius 1 is 1.50 bits per heavy atom. The number of aliphatic carboxylic acids is 1. The van der Waals surface area contributed by atoms with Gasteiger partial charge in [0.2, 0.25) is 0 Å². The summed E-state index contributed by atoms with van der Waals surface area (Å²) in [6, 6.07) is 3.87. The molecule has 0 saturated heterocycles. The number of furan rings is 1. The van der Waals surface area contributed by atoms with Gasteiger partial charge < -0.3 is 9.52 Å². The number of carboxylic acid groups (broad SMARTS) is 1. The first-order chi connectivity index (χ1) is 8.54. The highest BCUT2D eigenvalue weighted by Crippen LogP contribution is 2.30. The van der Waals surface area contributed by atoms with Gasteiger partial charge in [-0.25, -0.2) is 4.98 Å². The third-order valence-corrected chi connectivity index (χ3v) is 4.64. The van der Waals surface area contributed by atoms with E-state index >= 15 is 0 Å². The average Bonchev–Trinajstić information content (AvgIpc) is 2.83. The van der Waals surface area contributed by atoms with Gasteiger partial charge in [-0.2, -0.15) is 0 Å². The molecule has 0 aliphatic carbocycles.